The van der Waals surface area contributed by atoms with Crippen LogP contribution in [0.5, 0.6) is 0 Å². The number of amides is 2. The van der Waals surface area contributed by atoms with E-state index in [1.165, 1.54) is 0 Å². The van der Waals surface area contributed by atoms with Crippen molar-refractivity contribution in [2.24, 2.45) is 5.92 Å². The van der Waals surface area contributed by atoms with Gasteiger partial charge in [-0.2, -0.15) is 0 Å². The highest BCUT2D eigenvalue weighted by Gasteiger charge is 2.20. The first-order chi connectivity index (χ1) is 6.74. The van der Waals surface area contributed by atoms with Gasteiger partial charge in [-0.25, -0.2) is 0 Å². The van der Waals surface area contributed by atoms with Crippen molar-refractivity contribution in [3.63, 3.8) is 0 Å². The number of halogens is 1. The molecule has 1 saturated heterocycles. The second kappa shape index (κ2) is 7.48. The van der Waals surface area contributed by atoms with Crippen molar-refractivity contribution in [2.45, 2.75) is 12.8 Å². The lowest BCUT2D eigenvalue weighted by Gasteiger charge is -2.21. The molecule has 5 nitrogen and oxygen atoms in total. The lowest BCUT2D eigenvalue weighted by atomic mass is 9.97. The summed E-state index contributed by atoms with van der Waals surface area (Å²) in [6.07, 6.45) is 1.72. The first kappa shape index (κ1) is 14.2. The fraction of sp³-hybridized carbons (Fsp3) is 0.778. The summed E-state index contributed by atoms with van der Waals surface area (Å²) in [5.74, 6) is -0.0942. The molecule has 0 atom stereocenters. The zero-order chi connectivity index (χ0) is 10.4. The Hall–Kier alpha value is -0.810. The number of hydrogen-bond donors (Lipinski definition) is 3. The number of rotatable bonds is 3. The molecule has 88 valence electrons. The summed E-state index contributed by atoms with van der Waals surface area (Å²) in [5.41, 5.74) is 0. The molecule has 0 bridgehead atoms. The first-order valence-electron chi connectivity index (χ1n) is 4.93. The predicted molar refractivity (Wildman–Crippen MR) is 59.9 cm³/mol. The molecule has 0 radical (unpaired) electrons. The van der Waals surface area contributed by atoms with Gasteiger partial charge in [-0.1, -0.05) is 0 Å². The second-order valence-electron chi connectivity index (χ2n) is 3.42. The first-order valence-corrected chi connectivity index (χ1v) is 4.93. The summed E-state index contributed by atoms with van der Waals surface area (Å²) in [6.45, 7) is 1.86. The van der Waals surface area contributed by atoms with Gasteiger partial charge in [0.2, 0.25) is 11.8 Å². The quantitative estimate of drug-likeness (QED) is 0.604. The van der Waals surface area contributed by atoms with Crippen LogP contribution in [0, 0.1) is 5.92 Å². The van der Waals surface area contributed by atoms with Gasteiger partial charge < -0.3 is 16.0 Å². The SMILES string of the molecule is CNC(=O)CNC(=O)C1CCNCC1.Cl. The fourth-order valence-electron chi connectivity index (χ4n) is 1.48. The highest BCUT2D eigenvalue weighted by Crippen LogP contribution is 2.10. The second-order valence-corrected chi connectivity index (χ2v) is 3.42. The van der Waals surface area contributed by atoms with Crippen LogP contribution in [0.3, 0.4) is 0 Å². The monoisotopic (exact) mass is 235 g/mol. The van der Waals surface area contributed by atoms with E-state index in [0.717, 1.165) is 25.9 Å². The maximum Gasteiger partial charge on any atom is 0.239 e. The Labute approximate surface area is 95.8 Å². The van der Waals surface area contributed by atoms with Crippen LogP contribution in [0.15, 0.2) is 0 Å². The van der Waals surface area contributed by atoms with Crippen LogP contribution < -0.4 is 16.0 Å². The maximum atomic E-state index is 11.5. The van der Waals surface area contributed by atoms with Gasteiger partial charge in [-0.15, -0.1) is 12.4 Å². The van der Waals surface area contributed by atoms with Crippen molar-refractivity contribution in [2.75, 3.05) is 26.7 Å². The van der Waals surface area contributed by atoms with Crippen LogP contribution in [0.25, 0.3) is 0 Å². The molecule has 3 N–H and O–H groups in total. The van der Waals surface area contributed by atoms with Crippen LogP contribution in [0.1, 0.15) is 12.8 Å². The molecule has 0 aromatic heterocycles. The van der Waals surface area contributed by atoms with E-state index in [9.17, 15) is 9.59 Å². The third kappa shape index (κ3) is 4.99. The number of hydrogen-bond acceptors (Lipinski definition) is 3. The van der Waals surface area contributed by atoms with Gasteiger partial charge in [0, 0.05) is 13.0 Å². The average Bonchev–Trinajstić information content (AvgIpc) is 2.26. The largest absolute Gasteiger partial charge is 0.358 e. The van der Waals surface area contributed by atoms with Gasteiger partial charge in [-0.05, 0) is 25.9 Å². The van der Waals surface area contributed by atoms with Crippen molar-refractivity contribution in [3.05, 3.63) is 0 Å². The lowest BCUT2D eigenvalue weighted by molar-refractivity contribution is -0.128. The van der Waals surface area contributed by atoms with Crippen LogP contribution >= 0.6 is 12.4 Å². The minimum atomic E-state index is -0.160. The van der Waals surface area contributed by atoms with Gasteiger partial charge in [0.05, 0.1) is 6.54 Å². The van der Waals surface area contributed by atoms with Crippen LogP contribution in [-0.4, -0.2) is 38.5 Å². The Balaban J connectivity index is 0.00000196. The van der Waals surface area contributed by atoms with Gasteiger partial charge in [0.25, 0.3) is 0 Å². The molecular formula is C9H18ClN3O2. The molecule has 0 saturated carbocycles. The van der Waals surface area contributed by atoms with E-state index in [2.05, 4.69) is 16.0 Å². The smallest absolute Gasteiger partial charge is 0.239 e. The third-order valence-electron chi connectivity index (χ3n) is 2.41. The highest BCUT2D eigenvalue weighted by atomic mass is 35.5. The Morgan fingerprint density at radius 2 is 1.93 bits per heavy atom. The molecule has 1 aliphatic rings. The number of nitrogens with one attached hydrogen (secondary N) is 3. The minimum absolute atomic E-state index is 0. The topological polar surface area (TPSA) is 70.2 Å². The van der Waals surface area contributed by atoms with E-state index in [1.807, 2.05) is 0 Å². The van der Waals surface area contributed by atoms with Crippen LogP contribution in [0.2, 0.25) is 0 Å². The maximum absolute atomic E-state index is 11.5. The Kier molecular flexibility index (Phi) is 7.07. The van der Waals surface area contributed by atoms with Crippen molar-refractivity contribution in [3.8, 4) is 0 Å². The minimum Gasteiger partial charge on any atom is -0.358 e. The molecule has 0 unspecified atom stereocenters. The molecule has 6 heteroatoms. The molecule has 2 amide bonds. The van der Waals surface area contributed by atoms with Gasteiger partial charge in [0.15, 0.2) is 0 Å². The normalized spacial score (nSPS) is 16.3. The summed E-state index contributed by atoms with van der Waals surface area (Å²) >= 11 is 0. The van der Waals surface area contributed by atoms with E-state index in [4.69, 9.17) is 0 Å². The van der Waals surface area contributed by atoms with Crippen molar-refractivity contribution in [1.82, 2.24) is 16.0 Å². The van der Waals surface area contributed by atoms with E-state index in [0.29, 0.717) is 0 Å². The summed E-state index contributed by atoms with van der Waals surface area (Å²) < 4.78 is 0. The van der Waals surface area contributed by atoms with Gasteiger partial charge in [-0.3, -0.25) is 9.59 Å². The van der Waals surface area contributed by atoms with Gasteiger partial charge in [0.1, 0.15) is 0 Å². The lowest BCUT2D eigenvalue weighted by Crippen LogP contribution is -2.41. The van der Waals surface area contributed by atoms with E-state index in [1.54, 1.807) is 7.05 Å². The Bertz CT molecular complexity index is 217. The number of likely N-dealkylation sites (N-methyl/N-ethyl adjacent to an activating group) is 1. The van der Waals surface area contributed by atoms with E-state index < -0.39 is 0 Å². The molecule has 0 aromatic carbocycles. The van der Waals surface area contributed by atoms with Gasteiger partial charge >= 0.3 is 0 Å². The zero-order valence-corrected chi connectivity index (χ0v) is 9.65. The summed E-state index contributed by atoms with van der Waals surface area (Å²) in [4.78, 5) is 22.4. The third-order valence-corrected chi connectivity index (χ3v) is 2.41. The van der Waals surface area contributed by atoms with Crippen molar-refractivity contribution >= 4 is 24.2 Å². The van der Waals surface area contributed by atoms with E-state index >= 15 is 0 Å². The number of carbonyl (C=O) groups is 2. The summed E-state index contributed by atoms with van der Waals surface area (Å²) in [5, 5.41) is 8.27. The molecule has 0 aliphatic carbocycles. The van der Waals surface area contributed by atoms with Crippen molar-refractivity contribution < 1.29 is 9.59 Å². The molecule has 1 rings (SSSR count). The number of carbonyl (C=O) groups excluding carboxylic acids is 2. The Morgan fingerprint density at radius 3 is 2.47 bits per heavy atom. The predicted octanol–water partition coefficient (Wildman–Crippen LogP) is -0.730. The molecule has 1 aliphatic heterocycles. The molecule has 0 aromatic rings. The average molecular weight is 236 g/mol. The number of piperidine rings is 1. The standard InChI is InChI=1S/C9H17N3O2.ClH/c1-10-8(13)6-12-9(14)7-2-4-11-5-3-7;/h7,11H,2-6H2,1H3,(H,10,13)(H,12,14);1H. The highest BCUT2D eigenvalue weighted by molar-refractivity contribution is 5.85. The fourth-order valence-corrected chi connectivity index (χ4v) is 1.48. The van der Waals surface area contributed by atoms with E-state index in [-0.39, 0.29) is 36.7 Å². The molecule has 15 heavy (non-hydrogen) atoms. The van der Waals surface area contributed by atoms with Crippen LogP contribution in [0.4, 0.5) is 0 Å². The van der Waals surface area contributed by atoms with Crippen LogP contribution in [-0.2, 0) is 9.59 Å². The molecule has 0 spiro atoms. The molecule has 1 fully saturated rings. The molecular weight excluding hydrogens is 218 g/mol. The molecule has 1 heterocycles. The summed E-state index contributed by atoms with van der Waals surface area (Å²) in [7, 11) is 1.55. The Morgan fingerprint density at radius 1 is 1.33 bits per heavy atom. The zero-order valence-electron chi connectivity index (χ0n) is 8.84. The van der Waals surface area contributed by atoms with Crippen molar-refractivity contribution in [1.29, 1.82) is 0 Å². The summed E-state index contributed by atoms with van der Waals surface area (Å²) in [6, 6.07) is 0.